The van der Waals surface area contributed by atoms with Crippen LogP contribution in [0.2, 0.25) is 0 Å². The Hall–Kier alpha value is -1.79. The molecule has 0 saturated carbocycles. The summed E-state index contributed by atoms with van der Waals surface area (Å²) in [6.45, 7) is 6.48. The van der Waals surface area contributed by atoms with Gasteiger partial charge in [-0.25, -0.2) is 4.52 Å². The number of hydrogen-bond acceptors (Lipinski definition) is 5. The highest BCUT2D eigenvalue weighted by Gasteiger charge is 2.13. The number of nitrogens with one attached hydrogen (secondary N) is 1. The number of likely N-dealkylation sites (N-methyl/N-ethyl adjacent to an activating group) is 1. The fraction of sp³-hybridized carbons (Fsp3) is 0.500. The van der Waals surface area contributed by atoms with Crippen molar-refractivity contribution in [3.63, 3.8) is 0 Å². The molecule has 1 aliphatic heterocycles. The summed E-state index contributed by atoms with van der Waals surface area (Å²) < 4.78 is 1.81. The quantitative estimate of drug-likeness (QED) is 0.854. The SMILES string of the molecule is CN1CCN(CCNc2nn3ccccc3c2N)CC1. The van der Waals surface area contributed by atoms with E-state index in [2.05, 4.69) is 27.3 Å². The second kappa shape index (κ2) is 5.68. The van der Waals surface area contributed by atoms with Crippen molar-refractivity contribution in [2.45, 2.75) is 0 Å². The van der Waals surface area contributed by atoms with Gasteiger partial charge in [-0.3, -0.25) is 4.90 Å². The zero-order valence-electron chi connectivity index (χ0n) is 11.9. The van der Waals surface area contributed by atoms with Gasteiger partial charge in [0, 0.05) is 45.5 Å². The molecular formula is C14H22N6. The van der Waals surface area contributed by atoms with E-state index in [1.165, 1.54) is 0 Å². The maximum Gasteiger partial charge on any atom is 0.172 e. The fourth-order valence-corrected chi connectivity index (χ4v) is 2.55. The first-order valence-electron chi connectivity index (χ1n) is 7.11. The molecule has 2 aromatic rings. The summed E-state index contributed by atoms with van der Waals surface area (Å²) in [7, 11) is 2.17. The van der Waals surface area contributed by atoms with Gasteiger partial charge in [-0.15, -0.1) is 5.10 Å². The Bertz CT molecular complexity index is 570. The molecule has 0 atom stereocenters. The molecule has 3 rings (SSSR count). The number of nitrogens with two attached hydrogens (primary N) is 1. The maximum absolute atomic E-state index is 6.11. The predicted molar refractivity (Wildman–Crippen MR) is 82.0 cm³/mol. The number of fused-ring (bicyclic) bond motifs is 1. The van der Waals surface area contributed by atoms with E-state index in [1.807, 2.05) is 28.9 Å². The van der Waals surface area contributed by atoms with Crippen LogP contribution in [0.4, 0.5) is 11.5 Å². The number of piperazine rings is 1. The maximum atomic E-state index is 6.11. The molecule has 0 amide bonds. The third-order valence-electron chi connectivity index (χ3n) is 3.89. The Morgan fingerprint density at radius 2 is 2.05 bits per heavy atom. The molecule has 0 aliphatic carbocycles. The average molecular weight is 274 g/mol. The van der Waals surface area contributed by atoms with Crippen LogP contribution in [0.25, 0.3) is 5.52 Å². The van der Waals surface area contributed by atoms with Crippen LogP contribution in [0.5, 0.6) is 0 Å². The molecule has 1 saturated heterocycles. The number of rotatable bonds is 4. The number of anilines is 2. The van der Waals surface area contributed by atoms with Gasteiger partial charge < -0.3 is 16.0 Å². The highest BCUT2D eigenvalue weighted by atomic mass is 15.3. The van der Waals surface area contributed by atoms with E-state index in [0.717, 1.165) is 56.3 Å². The summed E-state index contributed by atoms with van der Waals surface area (Å²) in [5.74, 6) is 0.783. The zero-order valence-corrected chi connectivity index (χ0v) is 11.9. The molecule has 6 heteroatoms. The van der Waals surface area contributed by atoms with E-state index in [0.29, 0.717) is 0 Å². The summed E-state index contributed by atoms with van der Waals surface area (Å²) in [6, 6.07) is 5.91. The minimum absolute atomic E-state index is 0.726. The van der Waals surface area contributed by atoms with Crippen molar-refractivity contribution in [2.75, 3.05) is 57.4 Å². The molecule has 3 N–H and O–H groups in total. The second-order valence-electron chi connectivity index (χ2n) is 5.36. The molecule has 2 aromatic heterocycles. The molecular weight excluding hydrogens is 252 g/mol. The molecule has 3 heterocycles. The number of nitrogen functional groups attached to an aromatic ring is 1. The highest BCUT2D eigenvalue weighted by Crippen LogP contribution is 2.22. The molecule has 0 spiro atoms. The lowest BCUT2D eigenvalue weighted by molar-refractivity contribution is 0.158. The van der Waals surface area contributed by atoms with Crippen LogP contribution in [-0.2, 0) is 0 Å². The van der Waals surface area contributed by atoms with Gasteiger partial charge in [-0.1, -0.05) is 6.07 Å². The molecule has 0 aromatic carbocycles. The van der Waals surface area contributed by atoms with Crippen molar-refractivity contribution in [3.8, 4) is 0 Å². The molecule has 0 bridgehead atoms. The first kappa shape index (κ1) is 13.2. The van der Waals surface area contributed by atoms with Crippen LogP contribution >= 0.6 is 0 Å². The minimum atomic E-state index is 0.726. The predicted octanol–water partition coefficient (Wildman–Crippen LogP) is 0.576. The monoisotopic (exact) mass is 274 g/mol. The molecule has 6 nitrogen and oxygen atoms in total. The molecule has 108 valence electrons. The smallest absolute Gasteiger partial charge is 0.172 e. The average Bonchev–Trinajstić information content (AvgIpc) is 2.78. The van der Waals surface area contributed by atoms with Gasteiger partial charge in [0.2, 0.25) is 0 Å². The Kier molecular flexibility index (Phi) is 3.75. The van der Waals surface area contributed by atoms with E-state index in [-0.39, 0.29) is 0 Å². The summed E-state index contributed by atoms with van der Waals surface area (Å²) in [6.07, 6.45) is 1.91. The first-order chi connectivity index (χ1) is 9.74. The molecule has 0 unspecified atom stereocenters. The summed E-state index contributed by atoms with van der Waals surface area (Å²) >= 11 is 0. The van der Waals surface area contributed by atoms with Crippen LogP contribution in [-0.4, -0.2) is 65.7 Å². The Morgan fingerprint density at radius 3 is 2.80 bits per heavy atom. The minimum Gasteiger partial charge on any atom is -0.394 e. The molecule has 1 aliphatic rings. The van der Waals surface area contributed by atoms with Crippen molar-refractivity contribution in [2.24, 2.45) is 0 Å². The van der Waals surface area contributed by atoms with E-state index < -0.39 is 0 Å². The number of hydrogen-bond donors (Lipinski definition) is 2. The van der Waals surface area contributed by atoms with E-state index in [4.69, 9.17) is 5.73 Å². The van der Waals surface area contributed by atoms with E-state index in [9.17, 15) is 0 Å². The molecule has 0 radical (unpaired) electrons. The van der Waals surface area contributed by atoms with Gasteiger partial charge in [-0.05, 0) is 19.2 Å². The largest absolute Gasteiger partial charge is 0.394 e. The molecule has 20 heavy (non-hydrogen) atoms. The van der Waals surface area contributed by atoms with Crippen LogP contribution in [0, 0.1) is 0 Å². The van der Waals surface area contributed by atoms with Crippen molar-refractivity contribution < 1.29 is 0 Å². The Morgan fingerprint density at radius 1 is 1.25 bits per heavy atom. The summed E-state index contributed by atoms with van der Waals surface area (Å²) in [5, 5.41) is 7.81. The summed E-state index contributed by atoms with van der Waals surface area (Å²) in [5.41, 5.74) is 7.79. The summed E-state index contributed by atoms with van der Waals surface area (Å²) in [4.78, 5) is 4.84. The number of pyridine rings is 1. The highest BCUT2D eigenvalue weighted by molar-refractivity contribution is 5.80. The third kappa shape index (κ3) is 2.71. The lowest BCUT2D eigenvalue weighted by Gasteiger charge is -2.32. The topological polar surface area (TPSA) is 61.8 Å². The van der Waals surface area contributed by atoms with Gasteiger partial charge in [-0.2, -0.15) is 0 Å². The van der Waals surface area contributed by atoms with Gasteiger partial charge in [0.15, 0.2) is 5.82 Å². The van der Waals surface area contributed by atoms with E-state index >= 15 is 0 Å². The lowest BCUT2D eigenvalue weighted by Crippen LogP contribution is -2.45. The zero-order chi connectivity index (χ0) is 13.9. The standard InChI is InChI=1S/C14H22N6/c1-18-8-10-19(11-9-18)7-5-16-14-13(15)12-4-2-3-6-20(12)17-14/h2-4,6H,5,7-11,15H2,1H3,(H,16,17). The third-order valence-corrected chi connectivity index (χ3v) is 3.89. The number of aromatic nitrogens is 2. The van der Waals surface area contributed by atoms with Crippen LogP contribution in [0.15, 0.2) is 24.4 Å². The van der Waals surface area contributed by atoms with Gasteiger partial charge in [0.1, 0.15) is 5.69 Å². The number of nitrogens with zero attached hydrogens (tertiary/aromatic N) is 4. The normalized spacial score (nSPS) is 17.6. The van der Waals surface area contributed by atoms with Crippen LogP contribution in [0.1, 0.15) is 0 Å². The van der Waals surface area contributed by atoms with Crippen LogP contribution in [0.3, 0.4) is 0 Å². The molecule has 1 fully saturated rings. The van der Waals surface area contributed by atoms with Crippen molar-refractivity contribution in [3.05, 3.63) is 24.4 Å². The van der Waals surface area contributed by atoms with E-state index in [1.54, 1.807) is 0 Å². The lowest BCUT2D eigenvalue weighted by atomic mass is 10.3. The van der Waals surface area contributed by atoms with Gasteiger partial charge >= 0.3 is 0 Å². The van der Waals surface area contributed by atoms with Crippen molar-refractivity contribution >= 4 is 17.0 Å². The Balaban J connectivity index is 1.56. The van der Waals surface area contributed by atoms with Gasteiger partial charge in [0.25, 0.3) is 0 Å². The van der Waals surface area contributed by atoms with Crippen molar-refractivity contribution in [1.82, 2.24) is 19.4 Å². The first-order valence-corrected chi connectivity index (χ1v) is 7.11. The Labute approximate surface area is 119 Å². The second-order valence-corrected chi connectivity index (χ2v) is 5.36. The van der Waals surface area contributed by atoms with Gasteiger partial charge in [0.05, 0.1) is 5.52 Å². The van der Waals surface area contributed by atoms with Crippen molar-refractivity contribution in [1.29, 1.82) is 0 Å². The van der Waals surface area contributed by atoms with Crippen LogP contribution < -0.4 is 11.1 Å². The fourth-order valence-electron chi connectivity index (χ4n) is 2.55.